The highest BCUT2D eigenvalue weighted by molar-refractivity contribution is 5.29. The molecule has 0 spiro atoms. The molecule has 20 heavy (non-hydrogen) atoms. The lowest BCUT2D eigenvalue weighted by Crippen LogP contribution is -2.28. The second kappa shape index (κ2) is 7.07. The van der Waals surface area contributed by atoms with Crippen LogP contribution in [0.4, 0.5) is 4.39 Å². The molecular weight excluding hydrogens is 255 g/mol. The van der Waals surface area contributed by atoms with Gasteiger partial charge in [0.15, 0.2) is 11.6 Å². The number of aliphatic hydroxyl groups is 1. The van der Waals surface area contributed by atoms with E-state index >= 15 is 0 Å². The van der Waals surface area contributed by atoms with E-state index in [2.05, 4.69) is 6.92 Å². The van der Waals surface area contributed by atoms with Crippen molar-refractivity contribution in [3.8, 4) is 5.75 Å². The molecular formula is C17H25FO2. The molecule has 2 rings (SSSR count). The molecule has 0 radical (unpaired) electrons. The summed E-state index contributed by atoms with van der Waals surface area (Å²) in [5, 5.41) is 10.4. The second-order valence-corrected chi connectivity index (χ2v) is 5.94. The number of rotatable bonds is 5. The molecule has 0 aliphatic heterocycles. The molecule has 2 nitrogen and oxygen atoms in total. The van der Waals surface area contributed by atoms with Gasteiger partial charge in [-0.1, -0.05) is 32.3 Å². The first-order valence-corrected chi connectivity index (χ1v) is 7.64. The van der Waals surface area contributed by atoms with Crippen LogP contribution in [-0.2, 0) is 6.42 Å². The van der Waals surface area contributed by atoms with E-state index in [1.54, 1.807) is 6.07 Å². The molecule has 1 aliphatic rings. The Labute approximate surface area is 121 Å². The lowest BCUT2D eigenvalue weighted by molar-refractivity contribution is 0.0684. The van der Waals surface area contributed by atoms with Gasteiger partial charge in [-0.15, -0.1) is 0 Å². The molecule has 1 N–H and O–H groups in total. The Morgan fingerprint density at radius 3 is 2.85 bits per heavy atom. The minimum atomic E-state index is -0.364. The largest absolute Gasteiger partial charge is 0.494 e. The van der Waals surface area contributed by atoms with E-state index in [0.29, 0.717) is 12.3 Å². The van der Waals surface area contributed by atoms with Crippen LogP contribution in [0, 0.1) is 17.7 Å². The number of hydrogen-bond donors (Lipinski definition) is 1. The van der Waals surface area contributed by atoms with Gasteiger partial charge in [-0.2, -0.15) is 0 Å². The third-order valence-corrected chi connectivity index (χ3v) is 4.61. The van der Waals surface area contributed by atoms with Crippen LogP contribution in [0.15, 0.2) is 18.2 Å². The van der Waals surface area contributed by atoms with Gasteiger partial charge >= 0.3 is 0 Å². The third kappa shape index (κ3) is 3.72. The van der Waals surface area contributed by atoms with Crippen molar-refractivity contribution in [2.75, 3.05) is 7.11 Å². The summed E-state index contributed by atoms with van der Waals surface area (Å²) in [6.07, 6.45) is 6.06. The predicted octanol–water partition coefficient (Wildman–Crippen LogP) is 3.95. The summed E-state index contributed by atoms with van der Waals surface area (Å²) in [5.74, 6) is 1.01. The normalized spacial score (nSPS) is 24.4. The van der Waals surface area contributed by atoms with Crippen molar-refractivity contribution in [2.24, 2.45) is 11.8 Å². The Balaban J connectivity index is 1.96. The number of benzene rings is 1. The monoisotopic (exact) mass is 280 g/mol. The average Bonchev–Trinajstić information content (AvgIpc) is 2.47. The summed E-state index contributed by atoms with van der Waals surface area (Å²) in [5.41, 5.74) is 0.842. The van der Waals surface area contributed by atoms with E-state index in [1.165, 1.54) is 32.4 Å². The van der Waals surface area contributed by atoms with E-state index in [0.717, 1.165) is 24.3 Å². The molecule has 1 aromatic rings. The zero-order valence-corrected chi connectivity index (χ0v) is 12.4. The third-order valence-electron chi connectivity index (χ3n) is 4.61. The van der Waals surface area contributed by atoms with Crippen molar-refractivity contribution >= 4 is 0 Å². The Bertz CT molecular complexity index is 433. The standard InChI is InChI=1S/C17H25FO2/c1-3-12-5-4-6-14(9-12)16(19)11-13-7-8-17(20-2)15(18)10-13/h7-8,10,12,14,16,19H,3-6,9,11H2,1-2H3. The molecule has 0 saturated heterocycles. The van der Waals surface area contributed by atoms with Crippen LogP contribution in [0.3, 0.4) is 0 Å². The summed E-state index contributed by atoms with van der Waals surface area (Å²) < 4.78 is 18.6. The summed E-state index contributed by atoms with van der Waals surface area (Å²) >= 11 is 0. The zero-order valence-electron chi connectivity index (χ0n) is 12.4. The highest BCUT2D eigenvalue weighted by atomic mass is 19.1. The van der Waals surface area contributed by atoms with Crippen molar-refractivity contribution < 1.29 is 14.2 Å². The van der Waals surface area contributed by atoms with Gasteiger partial charge in [0.1, 0.15) is 0 Å². The number of halogens is 1. The first-order chi connectivity index (χ1) is 9.63. The molecule has 112 valence electrons. The van der Waals surface area contributed by atoms with E-state index in [4.69, 9.17) is 4.74 Å². The first-order valence-electron chi connectivity index (χ1n) is 7.64. The smallest absolute Gasteiger partial charge is 0.165 e. The van der Waals surface area contributed by atoms with E-state index in [1.807, 2.05) is 6.07 Å². The van der Waals surface area contributed by atoms with Crippen LogP contribution >= 0.6 is 0 Å². The highest BCUT2D eigenvalue weighted by Gasteiger charge is 2.26. The summed E-state index contributed by atoms with van der Waals surface area (Å²) in [4.78, 5) is 0. The van der Waals surface area contributed by atoms with Crippen molar-refractivity contribution in [3.05, 3.63) is 29.6 Å². The van der Waals surface area contributed by atoms with E-state index in [9.17, 15) is 9.50 Å². The molecule has 3 unspecified atom stereocenters. The van der Waals surface area contributed by atoms with Gasteiger partial charge in [0.25, 0.3) is 0 Å². The van der Waals surface area contributed by atoms with Gasteiger partial charge < -0.3 is 9.84 Å². The second-order valence-electron chi connectivity index (χ2n) is 5.94. The Kier molecular flexibility index (Phi) is 5.41. The average molecular weight is 280 g/mol. The molecule has 1 aromatic carbocycles. The van der Waals surface area contributed by atoms with Crippen LogP contribution < -0.4 is 4.74 Å². The minimum Gasteiger partial charge on any atom is -0.494 e. The number of aliphatic hydroxyl groups excluding tert-OH is 1. The molecule has 0 aromatic heterocycles. The van der Waals surface area contributed by atoms with Crippen molar-refractivity contribution in [3.63, 3.8) is 0 Å². The molecule has 0 bridgehead atoms. The fourth-order valence-corrected chi connectivity index (χ4v) is 3.30. The molecule has 1 fully saturated rings. The Morgan fingerprint density at radius 2 is 2.20 bits per heavy atom. The van der Waals surface area contributed by atoms with Gasteiger partial charge in [0, 0.05) is 0 Å². The zero-order chi connectivity index (χ0) is 14.5. The van der Waals surface area contributed by atoms with Gasteiger partial charge in [-0.05, 0) is 48.8 Å². The van der Waals surface area contributed by atoms with Crippen molar-refractivity contribution in [2.45, 2.75) is 51.6 Å². The molecule has 0 heterocycles. The van der Waals surface area contributed by atoms with Gasteiger partial charge in [0.05, 0.1) is 13.2 Å². The van der Waals surface area contributed by atoms with E-state index in [-0.39, 0.29) is 17.7 Å². The molecule has 1 saturated carbocycles. The summed E-state index contributed by atoms with van der Waals surface area (Å²) in [6, 6.07) is 4.94. The number of ether oxygens (including phenoxy) is 1. The number of hydrogen-bond acceptors (Lipinski definition) is 2. The fraction of sp³-hybridized carbons (Fsp3) is 0.647. The van der Waals surface area contributed by atoms with Gasteiger partial charge in [0.2, 0.25) is 0 Å². The lowest BCUT2D eigenvalue weighted by atomic mass is 9.76. The van der Waals surface area contributed by atoms with Gasteiger partial charge in [-0.25, -0.2) is 4.39 Å². The quantitative estimate of drug-likeness (QED) is 0.884. The van der Waals surface area contributed by atoms with Crippen LogP contribution in [0.1, 0.15) is 44.6 Å². The topological polar surface area (TPSA) is 29.5 Å². The maximum absolute atomic E-state index is 13.7. The van der Waals surface area contributed by atoms with Crippen molar-refractivity contribution in [1.29, 1.82) is 0 Å². The Morgan fingerprint density at radius 1 is 1.40 bits per heavy atom. The lowest BCUT2D eigenvalue weighted by Gasteiger charge is -2.31. The first kappa shape index (κ1) is 15.3. The summed E-state index contributed by atoms with van der Waals surface area (Å²) in [7, 11) is 1.46. The van der Waals surface area contributed by atoms with Crippen LogP contribution in [-0.4, -0.2) is 18.3 Å². The van der Waals surface area contributed by atoms with E-state index < -0.39 is 0 Å². The van der Waals surface area contributed by atoms with Crippen molar-refractivity contribution in [1.82, 2.24) is 0 Å². The highest BCUT2D eigenvalue weighted by Crippen LogP contribution is 2.34. The van der Waals surface area contributed by atoms with Gasteiger partial charge in [-0.3, -0.25) is 0 Å². The molecule has 3 atom stereocenters. The van der Waals surface area contributed by atoms with Crippen LogP contribution in [0.5, 0.6) is 5.75 Å². The minimum absolute atomic E-state index is 0.256. The van der Waals surface area contributed by atoms with Crippen LogP contribution in [0.2, 0.25) is 0 Å². The maximum atomic E-state index is 13.7. The maximum Gasteiger partial charge on any atom is 0.165 e. The Hall–Kier alpha value is -1.09. The van der Waals surface area contributed by atoms with Crippen LogP contribution in [0.25, 0.3) is 0 Å². The molecule has 1 aliphatic carbocycles. The summed E-state index contributed by atoms with van der Waals surface area (Å²) in [6.45, 7) is 2.22. The SMILES string of the molecule is CCC1CCCC(C(O)Cc2ccc(OC)c(F)c2)C1. The molecule has 0 amide bonds. The molecule has 3 heteroatoms. The fourth-order valence-electron chi connectivity index (χ4n) is 3.30. The number of methoxy groups -OCH3 is 1. The predicted molar refractivity (Wildman–Crippen MR) is 78.4 cm³/mol.